The summed E-state index contributed by atoms with van der Waals surface area (Å²) < 4.78 is 3.01. The van der Waals surface area contributed by atoms with E-state index in [1.807, 2.05) is 11.7 Å². The monoisotopic (exact) mass is 350 g/mol. The lowest BCUT2D eigenvalue weighted by molar-refractivity contribution is 0.728. The molecule has 2 rings (SSSR count). The predicted molar refractivity (Wildman–Crippen MR) is 93.2 cm³/mol. The molecule has 2 aromatic rings. The van der Waals surface area contributed by atoms with E-state index >= 15 is 0 Å². The number of aryl methyl sites for hydroxylation is 2. The lowest BCUT2D eigenvalue weighted by Crippen LogP contribution is -2.15. The summed E-state index contributed by atoms with van der Waals surface area (Å²) in [5, 5.41) is 8.12. The predicted octanol–water partition coefficient (Wildman–Crippen LogP) is 4.04. The summed E-state index contributed by atoms with van der Waals surface area (Å²) in [7, 11) is 6.10. The first-order chi connectivity index (χ1) is 9.81. The van der Waals surface area contributed by atoms with Crippen molar-refractivity contribution in [1.82, 2.24) is 9.78 Å². The van der Waals surface area contributed by atoms with Crippen molar-refractivity contribution in [2.24, 2.45) is 7.05 Å². The average molecular weight is 351 g/mol. The fraction of sp³-hybridized carbons (Fsp3) is 0.438. The van der Waals surface area contributed by atoms with Crippen LogP contribution in [0.3, 0.4) is 0 Å². The van der Waals surface area contributed by atoms with Crippen molar-refractivity contribution in [2.45, 2.75) is 26.8 Å². The van der Waals surface area contributed by atoms with E-state index in [0.29, 0.717) is 0 Å². The van der Waals surface area contributed by atoms with Crippen molar-refractivity contribution in [3.8, 4) is 0 Å². The SMILES string of the molecule is Cc1nn(C)c(C)c1C(C)Nc1cc(Br)ccc1N(C)C. The molecular formula is C16H23BrN4. The molecule has 1 aromatic carbocycles. The molecule has 0 aliphatic rings. The van der Waals surface area contributed by atoms with Gasteiger partial charge in [-0.15, -0.1) is 0 Å². The largest absolute Gasteiger partial charge is 0.377 e. The maximum absolute atomic E-state index is 4.51. The summed E-state index contributed by atoms with van der Waals surface area (Å²) in [6.07, 6.45) is 0. The quantitative estimate of drug-likeness (QED) is 0.903. The second-order valence-electron chi connectivity index (χ2n) is 5.63. The number of hydrogen-bond donors (Lipinski definition) is 1. The number of nitrogens with zero attached hydrogens (tertiary/aromatic N) is 3. The Hall–Kier alpha value is -1.49. The van der Waals surface area contributed by atoms with E-state index < -0.39 is 0 Å². The molecule has 0 bridgehead atoms. The smallest absolute Gasteiger partial charge is 0.0649 e. The molecule has 4 nitrogen and oxygen atoms in total. The highest BCUT2D eigenvalue weighted by molar-refractivity contribution is 9.10. The van der Waals surface area contributed by atoms with Crippen LogP contribution in [0.1, 0.15) is 29.9 Å². The minimum atomic E-state index is 0.201. The number of halogens is 1. The van der Waals surface area contributed by atoms with Gasteiger partial charge >= 0.3 is 0 Å². The first-order valence-electron chi connectivity index (χ1n) is 7.04. The third-order valence-corrected chi connectivity index (χ3v) is 4.30. The van der Waals surface area contributed by atoms with Crippen molar-refractivity contribution in [2.75, 3.05) is 24.3 Å². The van der Waals surface area contributed by atoms with Gasteiger partial charge in [-0.3, -0.25) is 4.68 Å². The van der Waals surface area contributed by atoms with Crippen LogP contribution in [0, 0.1) is 13.8 Å². The summed E-state index contributed by atoms with van der Waals surface area (Å²) in [6.45, 7) is 6.35. The fourth-order valence-electron chi connectivity index (χ4n) is 2.74. The highest BCUT2D eigenvalue weighted by Crippen LogP contribution is 2.32. The molecule has 1 N–H and O–H groups in total. The van der Waals surface area contributed by atoms with E-state index in [9.17, 15) is 0 Å². The van der Waals surface area contributed by atoms with Crippen molar-refractivity contribution in [3.63, 3.8) is 0 Å². The molecule has 0 fully saturated rings. The maximum Gasteiger partial charge on any atom is 0.0649 e. The average Bonchev–Trinajstić information content (AvgIpc) is 2.62. The molecule has 0 spiro atoms. The van der Waals surface area contributed by atoms with Crippen LogP contribution in [0.25, 0.3) is 0 Å². The van der Waals surface area contributed by atoms with Gasteiger partial charge in [-0.2, -0.15) is 5.10 Å². The van der Waals surface area contributed by atoms with Crippen molar-refractivity contribution >= 4 is 27.3 Å². The molecule has 114 valence electrons. The second kappa shape index (κ2) is 6.10. The van der Waals surface area contributed by atoms with Gasteiger partial charge in [0.1, 0.15) is 0 Å². The van der Waals surface area contributed by atoms with Crippen LogP contribution < -0.4 is 10.2 Å². The third-order valence-electron chi connectivity index (χ3n) is 3.81. The molecule has 5 heteroatoms. The fourth-order valence-corrected chi connectivity index (χ4v) is 3.10. The molecule has 0 amide bonds. The van der Waals surface area contributed by atoms with Gasteiger partial charge in [0.25, 0.3) is 0 Å². The van der Waals surface area contributed by atoms with Gasteiger partial charge < -0.3 is 10.2 Å². The number of nitrogens with one attached hydrogen (secondary N) is 1. The van der Waals surface area contributed by atoms with Crippen LogP contribution in [0.15, 0.2) is 22.7 Å². The molecule has 0 radical (unpaired) electrons. The second-order valence-corrected chi connectivity index (χ2v) is 6.55. The highest BCUT2D eigenvalue weighted by atomic mass is 79.9. The van der Waals surface area contributed by atoms with Gasteiger partial charge in [-0.1, -0.05) is 15.9 Å². The van der Waals surface area contributed by atoms with Crippen LogP contribution in [-0.4, -0.2) is 23.9 Å². The summed E-state index contributed by atoms with van der Waals surface area (Å²) in [4.78, 5) is 2.12. The number of aromatic nitrogens is 2. The minimum absolute atomic E-state index is 0.201. The van der Waals surface area contributed by atoms with Gasteiger partial charge in [0, 0.05) is 36.9 Å². The summed E-state index contributed by atoms with van der Waals surface area (Å²) >= 11 is 3.55. The first kappa shape index (κ1) is 15.9. The molecule has 0 saturated carbocycles. The zero-order chi connectivity index (χ0) is 15.7. The number of hydrogen-bond acceptors (Lipinski definition) is 3. The van der Waals surface area contributed by atoms with Crippen molar-refractivity contribution in [1.29, 1.82) is 0 Å². The molecule has 1 aromatic heterocycles. The molecule has 1 unspecified atom stereocenters. The molecule has 1 heterocycles. The summed E-state index contributed by atoms with van der Waals surface area (Å²) in [5.41, 5.74) is 5.83. The lowest BCUT2D eigenvalue weighted by Gasteiger charge is -2.22. The molecule has 1 atom stereocenters. The van der Waals surface area contributed by atoms with E-state index in [2.05, 4.69) is 84.3 Å². The van der Waals surface area contributed by atoms with E-state index in [1.165, 1.54) is 16.9 Å². The maximum atomic E-state index is 4.51. The zero-order valence-corrected chi connectivity index (χ0v) is 15.1. The minimum Gasteiger partial charge on any atom is -0.377 e. The molecule has 0 aliphatic heterocycles. The van der Waals surface area contributed by atoms with Crippen LogP contribution in [-0.2, 0) is 7.05 Å². The Labute approximate surface area is 135 Å². The van der Waals surface area contributed by atoms with Crippen LogP contribution in [0.5, 0.6) is 0 Å². The van der Waals surface area contributed by atoms with Gasteiger partial charge in [0.05, 0.1) is 23.1 Å². The summed E-state index contributed by atoms with van der Waals surface area (Å²) in [5.74, 6) is 0. The van der Waals surface area contributed by atoms with Crippen LogP contribution in [0.4, 0.5) is 11.4 Å². The van der Waals surface area contributed by atoms with E-state index in [-0.39, 0.29) is 6.04 Å². The van der Waals surface area contributed by atoms with E-state index in [0.717, 1.165) is 15.9 Å². The number of anilines is 2. The van der Waals surface area contributed by atoms with Crippen LogP contribution >= 0.6 is 15.9 Å². The third kappa shape index (κ3) is 3.23. The number of rotatable bonds is 4. The number of benzene rings is 1. The molecule has 21 heavy (non-hydrogen) atoms. The van der Waals surface area contributed by atoms with Gasteiger partial charge in [-0.05, 0) is 39.0 Å². The Morgan fingerprint density at radius 3 is 2.48 bits per heavy atom. The Morgan fingerprint density at radius 2 is 1.95 bits per heavy atom. The van der Waals surface area contributed by atoms with Crippen LogP contribution in [0.2, 0.25) is 0 Å². The van der Waals surface area contributed by atoms with Crippen molar-refractivity contribution < 1.29 is 0 Å². The topological polar surface area (TPSA) is 33.1 Å². The zero-order valence-electron chi connectivity index (χ0n) is 13.5. The standard InChI is InChI=1S/C16H23BrN4/c1-10(16-11(2)19-21(6)12(16)3)18-14-9-13(17)7-8-15(14)20(4)5/h7-10,18H,1-6H3. The van der Waals surface area contributed by atoms with E-state index in [1.54, 1.807) is 0 Å². The normalized spacial score (nSPS) is 12.3. The Balaban J connectivity index is 2.35. The van der Waals surface area contributed by atoms with Crippen molar-refractivity contribution in [3.05, 3.63) is 39.6 Å². The Morgan fingerprint density at radius 1 is 1.29 bits per heavy atom. The Bertz CT molecular complexity index is 646. The van der Waals surface area contributed by atoms with Gasteiger partial charge in [0.2, 0.25) is 0 Å². The molecule has 0 saturated heterocycles. The van der Waals surface area contributed by atoms with E-state index in [4.69, 9.17) is 0 Å². The van der Waals surface area contributed by atoms with Gasteiger partial charge in [-0.25, -0.2) is 0 Å². The molecular weight excluding hydrogens is 328 g/mol. The summed E-state index contributed by atoms with van der Waals surface area (Å²) in [6, 6.07) is 6.49. The molecule has 0 aliphatic carbocycles. The highest BCUT2D eigenvalue weighted by Gasteiger charge is 2.17. The Kier molecular flexibility index (Phi) is 4.61. The first-order valence-corrected chi connectivity index (χ1v) is 7.84. The lowest BCUT2D eigenvalue weighted by atomic mass is 10.1. The van der Waals surface area contributed by atoms with Gasteiger partial charge in [0.15, 0.2) is 0 Å².